The zero-order valence-electron chi connectivity index (χ0n) is 14.6. The number of rotatable bonds is 3. The minimum Gasteiger partial charge on any atom is -0.378 e. The molecule has 26 heavy (non-hydrogen) atoms. The SMILES string of the molecule is CN(C)c1ccc(N2C(=O)[C@@H]3[C@H]4C=C[C@@](C5OCCO5)(O4)[C@H]3C2=O)cc1. The predicted octanol–water partition coefficient (Wildman–Crippen LogP) is 0.938. The van der Waals surface area contributed by atoms with E-state index in [0.717, 1.165) is 5.69 Å². The molecular weight excluding hydrogens is 336 g/mol. The van der Waals surface area contributed by atoms with Crippen LogP contribution in [-0.4, -0.2) is 57.1 Å². The van der Waals surface area contributed by atoms with Gasteiger partial charge in [-0.1, -0.05) is 6.08 Å². The molecule has 5 rings (SSSR count). The first-order chi connectivity index (χ1) is 12.5. The molecule has 0 spiro atoms. The number of hydrogen-bond acceptors (Lipinski definition) is 6. The zero-order valence-corrected chi connectivity index (χ0v) is 14.6. The Balaban J connectivity index is 1.51. The van der Waals surface area contributed by atoms with Crippen molar-refractivity contribution in [2.45, 2.75) is 18.0 Å². The van der Waals surface area contributed by atoms with Crippen molar-refractivity contribution >= 4 is 23.2 Å². The van der Waals surface area contributed by atoms with Crippen molar-refractivity contribution in [1.82, 2.24) is 0 Å². The molecule has 4 atom stereocenters. The normalized spacial score (nSPS) is 35.6. The van der Waals surface area contributed by atoms with Crippen LogP contribution in [0.4, 0.5) is 11.4 Å². The molecule has 0 unspecified atom stereocenters. The average molecular weight is 356 g/mol. The first-order valence-electron chi connectivity index (χ1n) is 8.78. The van der Waals surface area contributed by atoms with Crippen LogP contribution < -0.4 is 9.80 Å². The van der Waals surface area contributed by atoms with Crippen molar-refractivity contribution in [3.8, 4) is 0 Å². The highest BCUT2D eigenvalue weighted by Gasteiger charge is 2.71. The highest BCUT2D eigenvalue weighted by molar-refractivity contribution is 6.23. The van der Waals surface area contributed by atoms with Crippen molar-refractivity contribution in [2.24, 2.45) is 11.8 Å². The number of hydrogen-bond donors (Lipinski definition) is 0. The Morgan fingerprint density at radius 2 is 1.77 bits per heavy atom. The van der Waals surface area contributed by atoms with E-state index < -0.39 is 29.8 Å². The van der Waals surface area contributed by atoms with E-state index in [0.29, 0.717) is 18.9 Å². The van der Waals surface area contributed by atoms with Crippen LogP contribution in [0.2, 0.25) is 0 Å². The summed E-state index contributed by atoms with van der Waals surface area (Å²) < 4.78 is 17.3. The Bertz CT molecular complexity index is 799. The lowest BCUT2D eigenvalue weighted by Gasteiger charge is -2.32. The first kappa shape index (κ1) is 16.0. The van der Waals surface area contributed by atoms with Crippen LogP contribution in [0.1, 0.15) is 0 Å². The van der Waals surface area contributed by atoms with Crippen LogP contribution in [0.5, 0.6) is 0 Å². The van der Waals surface area contributed by atoms with Gasteiger partial charge in [-0.25, -0.2) is 4.90 Å². The molecule has 4 aliphatic rings. The number of nitrogens with zero attached hydrogens (tertiary/aromatic N) is 2. The zero-order chi connectivity index (χ0) is 18.1. The maximum Gasteiger partial charge on any atom is 0.241 e. The topological polar surface area (TPSA) is 68.3 Å². The number of benzene rings is 1. The van der Waals surface area contributed by atoms with E-state index in [1.807, 2.05) is 43.3 Å². The Morgan fingerprint density at radius 1 is 1.08 bits per heavy atom. The average Bonchev–Trinajstić information content (AvgIpc) is 3.38. The van der Waals surface area contributed by atoms with E-state index in [4.69, 9.17) is 14.2 Å². The third kappa shape index (κ3) is 1.93. The highest BCUT2D eigenvalue weighted by Crippen LogP contribution is 2.55. The van der Waals surface area contributed by atoms with Gasteiger partial charge in [-0.3, -0.25) is 9.59 Å². The Kier molecular flexibility index (Phi) is 3.31. The fraction of sp³-hybridized carbons (Fsp3) is 0.474. The van der Waals surface area contributed by atoms with Gasteiger partial charge in [0, 0.05) is 19.8 Å². The summed E-state index contributed by atoms with van der Waals surface area (Å²) in [6.45, 7) is 0.924. The predicted molar refractivity (Wildman–Crippen MR) is 92.7 cm³/mol. The molecule has 0 aromatic heterocycles. The minimum absolute atomic E-state index is 0.216. The molecule has 0 radical (unpaired) electrons. The van der Waals surface area contributed by atoms with Crippen molar-refractivity contribution in [3.05, 3.63) is 36.4 Å². The molecule has 7 nitrogen and oxygen atoms in total. The maximum absolute atomic E-state index is 13.2. The number of fused-ring (bicyclic) bond motifs is 5. The summed E-state index contributed by atoms with van der Waals surface area (Å²) in [4.78, 5) is 29.6. The fourth-order valence-corrected chi connectivity index (χ4v) is 4.48. The van der Waals surface area contributed by atoms with Gasteiger partial charge < -0.3 is 19.1 Å². The quantitative estimate of drug-likeness (QED) is 0.593. The van der Waals surface area contributed by atoms with Gasteiger partial charge in [0.2, 0.25) is 11.8 Å². The first-order valence-corrected chi connectivity index (χ1v) is 8.78. The summed E-state index contributed by atoms with van der Waals surface area (Å²) >= 11 is 0. The van der Waals surface area contributed by atoms with Crippen LogP contribution in [-0.2, 0) is 23.8 Å². The molecule has 136 valence electrons. The molecule has 2 amide bonds. The Labute approximate surface area is 151 Å². The third-order valence-electron chi connectivity index (χ3n) is 5.69. The lowest BCUT2D eigenvalue weighted by molar-refractivity contribution is -0.180. The molecular formula is C19H20N2O5. The molecule has 4 aliphatic heterocycles. The molecule has 0 N–H and O–H groups in total. The summed E-state index contributed by atoms with van der Waals surface area (Å²) in [5.74, 6) is -1.59. The van der Waals surface area contributed by atoms with Crippen LogP contribution >= 0.6 is 0 Å². The van der Waals surface area contributed by atoms with E-state index in [-0.39, 0.29) is 11.8 Å². The van der Waals surface area contributed by atoms with E-state index in [1.54, 1.807) is 12.1 Å². The lowest BCUT2D eigenvalue weighted by atomic mass is 9.76. The van der Waals surface area contributed by atoms with Gasteiger partial charge in [-0.05, 0) is 30.3 Å². The molecule has 1 aromatic rings. The minimum atomic E-state index is -1.00. The van der Waals surface area contributed by atoms with E-state index in [9.17, 15) is 9.59 Å². The van der Waals surface area contributed by atoms with Gasteiger partial charge in [0.05, 0.1) is 36.8 Å². The summed E-state index contributed by atoms with van der Waals surface area (Å²) in [5, 5.41) is 0. The number of imide groups is 1. The Hall–Kier alpha value is -2.22. The van der Waals surface area contributed by atoms with Gasteiger partial charge in [0.25, 0.3) is 0 Å². The van der Waals surface area contributed by atoms with Crippen LogP contribution in [0.25, 0.3) is 0 Å². The molecule has 2 bridgehead atoms. The molecule has 3 saturated heterocycles. The second-order valence-corrected chi connectivity index (χ2v) is 7.29. The smallest absolute Gasteiger partial charge is 0.241 e. The molecule has 7 heteroatoms. The van der Waals surface area contributed by atoms with Crippen LogP contribution in [0.3, 0.4) is 0 Å². The van der Waals surface area contributed by atoms with Crippen molar-refractivity contribution < 1.29 is 23.8 Å². The molecule has 1 aromatic carbocycles. The lowest BCUT2D eigenvalue weighted by Crippen LogP contribution is -2.49. The number of anilines is 2. The molecule has 0 saturated carbocycles. The van der Waals surface area contributed by atoms with E-state index in [1.165, 1.54) is 4.90 Å². The largest absolute Gasteiger partial charge is 0.378 e. The summed E-state index contributed by atoms with van der Waals surface area (Å²) in [6.07, 6.45) is 2.65. The molecule has 0 aliphatic carbocycles. The van der Waals surface area contributed by atoms with E-state index in [2.05, 4.69) is 0 Å². The van der Waals surface area contributed by atoms with Crippen LogP contribution in [0, 0.1) is 11.8 Å². The number of amides is 2. The van der Waals surface area contributed by atoms with Crippen molar-refractivity contribution in [1.29, 1.82) is 0 Å². The number of carbonyl (C=O) groups excluding carboxylic acids is 2. The van der Waals surface area contributed by atoms with Crippen LogP contribution in [0.15, 0.2) is 36.4 Å². The summed E-state index contributed by atoms with van der Waals surface area (Å²) in [5.41, 5.74) is 0.585. The van der Waals surface area contributed by atoms with Gasteiger partial charge >= 0.3 is 0 Å². The summed E-state index contributed by atoms with van der Waals surface area (Å²) in [7, 11) is 3.88. The second-order valence-electron chi connectivity index (χ2n) is 7.29. The number of carbonyl (C=O) groups is 2. The van der Waals surface area contributed by atoms with Crippen molar-refractivity contribution in [3.63, 3.8) is 0 Å². The fourth-order valence-electron chi connectivity index (χ4n) is 4.48. The summed E-state index contributed by atoms with van der Waals surface area (Å²) in [6, 6.07) is 7.40. The van der Waals surface area contributed by atoms with E-state index >= 15 is 0 Å². The monoisotopic (exact) mass is 356 g/mol. The second kappa shape index (κ2) is 5.39. The molecule has 3 fully saturated rings. The Morgan fingerprint density at radius 3 is 2.42 bits per heavy atom. The number of ether oxygens (including phenoxy) is 3. The van der Waals surface area contributed by atoms with Crippen molar-refractivity contribution in [2.75, 3.05) is 37.1 Å². The maximum atomic E-state index is 13.2. The highest BCUT2D eigenvalue weighted by atomic mass is 16.7. The molecule has 4 heterocycles. The van der Waals surface area contributed by atoms with Gasteiger partial charge in [0.1, 0.15) is 0 Å². The third-order valence-corrected chi connectivity index (χ3v) is 5.69. The van der Waals surface area contributed by atoms with Gasteiger partial charge in [-0.2, -0.15) is 0 Å². The van der Waals surface area contributed by atoms with Gasteiger partial charge in [0.15, 0.2) is 11.9 Å². The van der Waals surface area contributed by atoms with Gasteiger partial charge in [-0.15, -0.1) is 0 Å². The standard InChI is InChI=1S/C19H20N2O5/c1-20(2)11-3-5-12(6-4-11)21-16(22)14-13-7-8-19(26-13,15(14)17(21)23)18-24-9-10-25-18/h3-8,13-15,18H,9-10H2,1-2H3/t13-,14-,15-,19-/m1/s1.